The lowest BCUT2D eigenvalue weighted by Gasteiger charge is -2.26. The van der Waals surface area contributed by atoms with Crippen LogP contribution in [0.1, 0.15) is 5.56 Å². The minimum Gasteiger partial charge on any atom is -0.487 e. The number of ether oxygens (including phenoxy) is 1. The van der Waals surface area contributed by atoms with E-state index in [1.54, 1.807) is 0 Å². The minimum absolute atomic E-state index is 0.426. The number of oxazole rings is 1. The van der Waals surface area contributed by atoms with Crippen LogP contribution >= 0.6 is 11.3 Å². The molecular weight excluding hydrogens is 599 g/mol. The molecule has 0 bridgehead atoms. The lowest BCUT2D eigenvalue weighted by Crippen LogP contribution is -2.10. The van der Waals surface area contributed by atoms with Gasteiger partial charge >= 0.3 is 0 Å². The number of fused-ring (bicyclic) bond motifs is 2. The molecule has 47 heavy (non-hydrogen) atoms. The first kappa shape index (κ1) is 28.5. The van der Waals surface area contributed by atoms with Gasteiger partial charge in [-0.15, -0.1) is 11.3 Å². The zero-order chi connectivity index (χ0) is 31.6. The molecule has 0 unspecified atom stereocenters. The minimum atomic E-state index is 0.426. The quantitative estimate of drug-likeness (QED) is 0.149. The van der Waals surface area contributed by atoms with Crippen LogP contribution < -0.4 is 9.64 Å². The third-order valence-electron chi connectivity index (χ3n) is 8.13. The van der Waals surface area contributed by atoms with Gasteiger partial charge in [0.25, 0.3) is 0 Å². The molecule has 2 heterocycles. The number of aliphatic imine (C=N–C) groups is 1. The molecule has 0 saturated carbocycles. The summed E-state index contributed by atoms with van der Waals surface area (Å²) in [5, 5.41) is 1.27. The Bertz CT molecular complexity index is 2140. The molecule has 0 atom stereocenters. The second-order valence-electron chi connectivity index (χ2n) is 11.1. The number of benzene rings is 6. The van der Waals surface area contributed by atoms with E-state index >= 15 is 0 Å². The molecule has 5 nitrogen and oxygen atoms in total. The highest BCUT2D eigenvalue weighted by atomic mass is 32.1. The van der Waals surface area contributed by atoms with Gasteiger partial charge in [0, 0.05) is 32.2 Å². The predicted octanol–water partition coefficient (Wildman–Crippen LogP) is 11.8. The smallest absolute Gasteiger partial charge is 0.227 e. The SMILES string of the molecule is C=Nc1ccccc1OCc1ccc(N(c2ccc(-c3nc4ccccc4o3)cc2)c2ccc(-c3cc4ccccc4s3)cc2)cc1. The first-order valence-corrected chi connectivity index (χ1v) is 16.2. The zero-order valence-corrected chi connectivity index (χ0v) is 26.2. The molecule has 0 fully saturated rings. The molecule has 8 aromatic rings. The highest BCUT2D eigenvalue weighted by molar-refractivity contribution is 7.22. The third-order valence-corrected chi connectivity index (χ3v) is 9.29. The van der Waals surface area contributed by atoms with Crippen LogP contribution in [0.2, 0.25) is 0 Å². The maximum Gasteiger partial charge on any atom is 0.227 e. The van der Waals surface area contributed by atoms with E-state index in [2.05, 4.69) is 125 Å². The summed E-state index contributed by atoms with van der Waals surface area (Å²) in [4.78, 5) is 12.3. The van der Waals surface area contributed by atoms with Gasteiger partial charge in [0.1, 0.15) is 23.6 Å². The van der Waals surface area contributed by atoms with Crippen molar-refractivity contribution in [1.29, 1.82) is 0 Å². The van der Waals surface area contributed by atoms with Crippen LogP contribution in [-0.4, -0.2) is 11.7 Å². The molecule has 0 aliphatic rings. The fraction of sp³-hybridized carbons (Fsp3) is 0.0244. The van der Waals surface area contributed by atoms with Crippen molar-refractivity contribution in [1.82, 2.24) is 4.98 Å². The van der Waals surface area contributed by atoms with Crippen molar-refractivity contribution in [3.8, 4) is 27.6 Å². The van der Waals surface area contributed by atoms with E-state index in [-0.39, 0.29) is 0 Å². The van der Waals surface area contributed by atoms with E-state index < -0.39 is 0 Å². The summed E-state index contributed by atoms with van der Waals surface area (Å²) in [7, 11) is 0. The lowest BCUT2D eigenvalue weighted by molar-refractivity contribution is 0.307. The third kappa shape index (κ3) is 5.78. The van der Waals surface area contributed by atoms with Crippen molar-refractivity contribution in [2.75, 3.05) is 4.90 Å². The summed E-state index contributed by atoms with van der Waals surface area (Å²) in [6.07, 6.45) is 0. The van der Waals surface area contributed by atoms with Crippen molar-refractivity contribution in [2.45, 2.75) is 6.61 Å². The molecule has 0 aliphatic heterocycles. The van der Waals surface area contributed by atoms with Gasteiger partial charge in [0.15, 0.2) is 5.58 Å². The number of anilines is 3. The van der Waals surface area contributed by atoms with Gasteiger partial charge < -0.3 is 14.1 Å². The molecule has 0 radical (unpaired) electrons. The van der Waals surface area contributed by atoms with Crippen molar-refractivity contribution < 1.29 is 9.15 Å². The highest BCUT2D eigenvalue weighted by Crippen LogP contribution is 2.39. The van der Waals surface area contributed by atoms with Crippen molar-refractivity contribution >= 4 is 62.0 Å². The first-order chi connectivity index (χ1) is 23.2. The zero-order valence-electron chi connectivity index (χ0n) is 25.4. The van der Waals surface area contributed by atoms with E-state index in [9.17, 15) is 0 Å². The summed E-state index contributed by atoms with van der Waals surface area (Å²) in [6, 6.07) is 51.9. The fourth-order valence-corrected chi connectivity index (χ4v) is 6.78. The summed E-state index contributed by atoms with van der Waals surface area (Å²) in [5.41, 5.74) is 8.64. The van der Waals surface area contributed by atoms with E-state index in [1.165, 1.54) is 20.5 Å². The number of aromatic nitrogens is 1. The maximum absolute atomic E-state index is 6.08. The number of nitrogens with zero attached hydrogens (tertiary/aromatic N) is 3. The van der Waals surface area contributed by atoms with E-state index in [4.69, 9.17) is 9.15 Å². The van der Waals surface area contributed by atoms with E-state index in [0.29, 0.717) is 18.2 Å². The van der Waals surface area contributed by atoms with Crippen LogP contribution in [0.4, 0.5) is 22.7 Å². The fourth-order valence-electron chi connectivity index (χ4n) is 5.71. The summed E-state index contributed by atoms with van der Waals surface area (Å²) in [5.74, 6) is 1.32. The Kier molecular flexibility index (Phi) is 7.53. The van der Waals surface area contributed by atoms with Gasteiger partial charge in [0.2, 0.25) is 5.89 Å². The molecular formula is C41H29N3O2S. The topological polar surface area (TPSA) is 50.9 Å². The molecule has 6 heteroatoms. The van der Waals surface area contributed by atoms with Crippen LogP contribution in [0.25, 0.3) is 43.1 Å². The van der Waals surface area contributed by atoms with Crippen molar-refractivity contribution in [3.63, 3.8) is 0 Å². The number of rotatable bonds is 9. The average Bonchev–Trinajstić information content (AvgIpc) is 3.77. The van der Waals surface area contributed by atoms with Gasteiger partial charge in [-0.1, -0.05) is 66.7 Å². The molecule has 226 valence electrons. The summed E-state index contributed by atoms with van der Waals surface area (Å²) in [6.45, 7) is 4.08. The van der Waals surface area contributed by atoms with E-state index in [0.717, 1.165) is 45.0 Å². The molecule has 0 aliphatic carbocycles. The second-order valence-corrected chi connectivity index (χ2v) is 12.2. The number of para-hydroxylation sites is 4. The van der Waals surface area contributed by atoms with Crippen LogP contribution in [-0.2, 0) is 6.61 Å². The van der Waals surface area contributed by atoms with Crippen LogP contribution in [0.5, 0.6) is 5.75 Å². The monoisotopic (exact) mass is 627 g/mol. The number of hydrogen-bond donors (Lipinski definition) is 0. The number of hydrogen-bond acceptors (Lipinski definition) is 6. The Morgan fingerprint density at radius 2 is 1.32 bits per heavy atom. The molecule has 6 aromatic carbocycles. The number of thiophene rings is 1. The van der Waals surface area contributed by atoms with Crippen molar-refractivity contribution in [3.05, 3.63) is 157 Å². The first-order valence-electron chi connectivity index (χ1n) is 15.3. The predicted molar refractivity (Wildman–Crippen MR) is 195 cm³/mol. The normalized spacial score (nSPS) is 11.1. The standard InChI is InChI=1S/C41H29N3O2S/c1-42-35-9-3-5-11-37(35)45-27-28-14-20-32(21-15-28)44(33-22-16-29(17-23-33)40-26-31-8-2-7-13-39(31)47-40)34-24-18-30(19-25-34)41-43-36-10-4-6-12-38(36)46-41/h2-26H,1,27H2. The maximum atomic E-state index is 6.08. The van der Waals surface area contributed by atoms with Gasteiger partial charge in [-0.3, -0.25) is 4.99 Å². The van der Waals surface area contributed by atoms with Gasteiger partial charge in [-0.05, 0) is 108 Å². The Balaban J connectivity index is 1.11. The summed E-state index contributed by atoms with van der Waals surface area (Å²) < 4.78 is 13.4. The molecule has 2 aromatic heterocycles. The van der Waals surface area contributed by atoms with Crippen molar-refractivity contribution in [2.24, 2.45) is 4.99 Å². The van der Waals surface area contributed by atoms with Crippen LogP contribution in [0.3, 0.4) is 0 Å². The lowest BCUT2D eigenvalue weighted by atomic mass is 10.1. The van der Waals surface area contributed by atoms with Crippen LogP contribution in [0.15, 0.2) is 161 Å². The Morgan fingerprint density at radius 1 is 0.681 bits per heavy atom. The van der Waals surface area contributed by atoms with E-state index in [1.807, 2.05) is 59.9 Å². The molecule has 0 saturated heterocycles. The molecule has 0 N–H and O–H groups in total. The molecule has 0 amide bonds. The van der Waals surface area contributed by atoms with Gasteiger partial charge in [0.05, 0.1) is 0 Å². The highest BCUT2D eigenvalue weighted by Gasteiger charge is 2.15. The summed E-state index contributed by atoms with van der Waals surface area (Å²) >= 11 is 1.82. The van der Waals surface area contributed by atoms with Gasteiger partial charge in [-0.2, -0.15) is 0 Å². The Morgan fingerprint density at radius 3 is 2.04 bits per heavy atom. The van der Waals surface area contributed by atoms with Crippen LogP contribution in [0, 0.1) is 0 Å². The Labute approximate surface area is 276 Å². The largest absolute Gasteiger partial charge is 0.487 e. The second kappa shape index (κ2) is 12.4. The average molecular weight is 628 g/mol. The Hall–Kier alpha value is -5.98. The molecule has 8 rings (SSSR count). The molecule has 0 spiro atoms. The van der Waals surface area contributed by atoms with Gasteiger partial charge in [-0.25, -0.2) is 4.98 Å².